The van der Waals surface area contributed by atoms with Gasteiger partial charge >= 0.3 is 5.97 Å². The fourth-order valence-corrected chi connectivity index (χ4v) is 3.18. The van der Waals surface area contributed by atoms with Gasteiger partial charge in [0.1, 0.15) is 0 Å². The van der Waals surface area contributed by atoms with Crippen molar-refractivity contribution in [3.05, 3.63) is 59.6 Å². The number of oxazole rings is 1. The highest BCUT2D eigenvalue weighted by molar-refractivity contribution is 6.01. The zero-order chi connectivity index (χ0) is 23.3. The third-order valence-corrected chi connectivity index (χ3v) is 5.01. The number of rotatable bonds is 9. The molecule has 0 spiro atoms. The van der Waals surface area contributed by atoms with Crippen LogP contribution in [0.25, 0.3) is 11.3 Å². The van der Waals surface area contributed by atoms with E-state index in [0.717, 1.165) is 5.56 Å². The molecule has 1 heterocycles. The van der Waals surface area contributed by atoms with Gasteiger partial charge in [0, 0.05) is 30.5 Å². The van der Waals surface area contributed by atoms with Crippen molar-refractivity contribution in [2.24, 2.45) is 0 Å². The van der Waals surface area contributed by atoms with Gasteiger partial charge in [-0.2, -0.15) is 0 Å². The Labute approximate surface area is 186 Å². The molecule has 0 aliphatic heterocycles. The van der Waals surface area contributed by atoms with Gasteiger partial charge in [-0.15, -0.1) is 0 Å². The van der Waals surface area contributed by atoms with E-state index in [-0.39, 0.29) is 35.7 Å². The standard InChI is InChI=1S/C24H26N2O6/c1-14(2)15-5-7-16(8-6-15)21-13-25-23(32-21)10-9-22(27)26-18-12-20(31-4)19(30-3)11-17(18)24(28)29/h5-8,11-14H,9-10H2,1-4H3,(H,26,27)(H,28,29). The van der Waals surface area contributed by atoms with Crippen molar-refractivity contribution >= 4 is 17.6 Å². The van der Waals surface area contributed by atoms with Gasteiger partial charge in [0.15, 0.2) is 23.1 Å². The largest absolute Gasteiger partial charge is 0.493 e. The number of carboxylic acids is 1. The number of aromatic nitrogens is 1. The molecule has 8 heteroatoms. The number of aromatic carboxylic acids is 1. The highest BCUT2D eigenvalue weighted by atomic mass is 16.5. The number of nitrogens with one attached hydrogen (secondary N) is 1. The van der Waals surface area contributed by atoms with Crippen molar-refractivity contribution in [1.82, 2.24) is 4.98 Å². The monoisotopic (exact) mass is 438 g/mol. The number of hydrogen-bond acceptors (Lipinski definition) is 6. The number of carboxylic acid groups (broad SMARTS) is 1. The van der Waals surface area contributed by atoms with E-state index in [9.17, 15) is 14.7 Å². The second kappa shape index (κ2) is 10.00. The number of hydrogen-bond donors (Lipinski definition) is 2. The Hall–Kier alpha value is -3.81. The van der Waals surface area contributed by atoms with Crippen molar-refractivity contribution in [2.75, 3.05) is 19.5 Å². The SMILES string of the molecule is COc1cc(NC(=O)CCc2ncc(-c3ccc(C(C)C)cc3)o2)c(C(=O)O)cc1OC. The smallest absolute Gasteiger partial charge is 0.337 e. The number of methoxy groups -OCH3 is 2. The van der Waals surface area contributed by atoms with E-state index in [1.165, 1.54) is 31.9 Å². The second-order valence-electron chi connectivity index (χ2n) is 7.50. The van der Waals surface area contributed by atoms with E-state index in [2.05, 4.69) is 36.3 Å². The van der Waals surface area contributed by atoms with E-state index in [1.54, 1.807) is 6.20 Å². The molecule has 2 N–H and O–H groups in total. The molecule has 0 fully saturated rings. The van der Waals surface area contributed by atoms with Crippen LogP contribution in [0.15, 0.2) is 47.0 Å². The van der Waals surface area contributed by atoms with Gasteiger partial charge < -0.3 is 24.3 Å². The molecule has 0 unspecified atom stereocenters. The van der Waals surface area contributed by atoms with Crippen molar-refractivity contribution in [3.63, 3.8) is 0 Å². The average Bonchev–Trinajstić information content (AvgIpc) is 3.26. The van der Waals surface area contributed by atoms with Crippen molar-refractivity contribution < 1.29 is 28.6 Å². The lowest BCUT2D eigenvalue weighted by Gasteiger charge is -2.13. The summed E-state index contributed by atoms with van der Waals surface area (Å²) in [6, 6.07) is 10.8. The van der Waals surface area contributed by atoms with Crippen LogP contribution in [0.4, 0.5) is 5.69 Å². The van der Waals surface area contributed by atoms with Gasteiger partial charge in [0.25, 0.3) is 0 Å². The fraction of sp³-hybridized carbons (Fsp3) is 0.292. The van der Waals surface area contributed by atoms with Crippen molar-refractivity contribution in [2.45, 2.75) is 32.6 Å². The van der Waals surface area contributed by atoms with Crippen LogP contribution < -0.4 is 14.8 Å². The summed E-state index contributed by atoms with van der Waals surface area (Å²) in [6.45, 7) is 4.27. The third kappa shape index (κ3) is 5.26. The molecule has 0 aliphatic rings. The van der Waals surface area contributed by atoms with E-state index >= 15 is 0 Å². The number of anilines is 1. The number of aryl methyl sites for hydroxylation is 1. The van der Waals surface area contributed by atoms with Gasteiger partial charge in [-0.3, -0.25) is 4.79 Å². The minimum atomic E-state index is -1.19. The predicted octanol–water partition coefficient (Wildman–Crippen LogP) is 4.75. The Morgan fingerprint density at radius 2 is 1.75 bits per heavy atom. The molecule has 0 radical (unpaired) electrons. The Balaban J connectivity index is 1.66. The van der Waals surface area contributed by atoms with Gasteiger partial charge in [-0.25, -0.2) is 9.78 Å². The normalized spacial score (nSPS) is 10.8. The maximum absolute atomic E-state index is 12.4. The summed E-state index contributed by atoms with van der Waals surface area (Å²) in [5, 5.41) is 12.1. The Morgan fingerprint density at radius 1 is 1.09 bits per heavy atom. The molecule has 3 rings (SSSR count). The van der Waals surface area contributed by atoms with Gasteiger partial charge in [0.05, 0.1) is 31.7 Å². The minimum absolute atomic E-state index is 0.0691. The molecule has 2 aromatic carbocycles. The predicted molar refractivity (Wildman–Crippen MR) is 119 cm³/mol. The maximum Gasteiger partial charge on any atom is 0.337 e. The van der Waals surface area contributed by atoms with Crippen LogP contribution in [0, 0.1) is 0 Å². The van der Waals surface area contributed by atoms with E-state index in [0.29, 0.717) is 23.3 Å². The van der Waals surface area contributed by atoms with Crippen molar-refractivity contribution in [3.8, 4) is 22.8 Å². The topological polar surface area (TPSA) is 111 Å². The van der Waals surface area contributed by atoms with E-state index < -0.39 is 5.97 Å². The minimum Gasteiger partial charge on any atom is -0.493 e. The van der Waals surface area contributed by atoms with Gasteiger partial charge in [-0.1, -0.05) is 38.1 Å². The van der Waals surface area contributed by atoms with Crippen molar-refractivity contribution in [1.29, 1.82) is 0 Å². The molecule has 0 atom stereocenters. The second-order valence-corrected chi connectivity index (χ2v) is 7.50. The molecule has 0 bridgehead atoms. The number of carbonyl (C=O) groups is 2. The molecule has 168 valence electrons. The van der Waals surface area contributed by atoms with Gasteiger partial charge in [0.2, 0.25) is 5.91 Å². The molecule has 0 saturated heterocycles. The molecule has 0 aliphatic carbocycles. The first-order chi connectivity index (χ1) is 15.3. The first-order valence-corrected chi connectivity index (χ1v) is 10.2. The van der Waals surface area contributed by atoms with E-state index in [1.807, 2.05) is 12.1 Å². The Bertz CT molecular complexity index is 1100. The lowest BCUT2D eigenvalue weighted by Crippen LogP contribution is -2.15. The molecule has 1 aromatic heterocycles. The summed E-state index contributed by atoms with van der Waals surface area (Å²) >= 11 is 0. The van der Waals surface area contributed by atoms with Gasteiger partial charge in [-0.05, 0) is 11.5 Å². The number of carbonyl (C=O) groups excluding carboxylic acids is 1. The third-order valence-electron chi connectivity index (χ3n) is 5.01. The van der Waals surface area contributed by atoms with Crippen LogP contribution >= 0.6 is 0 Å². The van der Waals surface area contributed by atoms with Crippen LogP contribution in [0.2, 0.25) is 0 Å². The molecule has 0 saturated carbocycles. The molecule has 32 heavy (non-hydrogen) atoms. The lowest BCUT2D eigenvalue weighted by atomic mass is 10.0. The highest BCUT2D eigenvalue weighted by Crippen LogP contribution is 2.33. The molecule has 3 aromatic rings. The molecular weight excluding hydrogens is 412 g/mol. The molecule has 8 nitrogen and oxygen atoms in total. The molecule has 1 amide bonds. The molecular formula is C24H26N2O6. The first-order valence-electron chi connectivity index (χ1n) is 10.2. The lowest BCUT2D eigenvalue weighted by molar-refractivity contribution is -0.116. The average molecular weight is 438 g/mol. The summed E-state index contributed by atoms with van der Waals surface area (Å²) in [6.07, 6.45) is 1.97. The number of benzene rings is 2. The zero-order valence-corrected chi connectivity index (χ0v) is 18.5. The Kier molecular flexibility index (Phi) is 7.14. The quantitative estimate of drug-likeness (QED) is 0.496. The fourth-order valence-electron chi connectivity index (χ4n) is 3.18. The summed E-state index contributed by atoms with van der Waals surface area (Å²) < 4.78 is 16.1. The summed E-state index contributed by atoms with van der Waals surface area (Å²) in [4.78, 5) is 28.3. The highest BCUT2D eigenvalue weighted by Gasteiger charge is 2.18. The maximum atomic E-state index is 12.4. The number of nitrogens with zero attached hydrogens (tertiary/aromatic N) is 1. The summed E-state index contributed by atoms with van der Waals surface area (Å²) in [5.74, 6) is 0.505. The summed E-state index contributed by atoms with van der Waals surface area (Å²) in [5.41, 5.74) is 2.17. The first kappa shape index (κ1) is 22.9. The zero-order valence-electron chi connectivity index (χ0n) is 18.5. The summed E-state index contributed by atoms with van der Waals surface area (Å²) in [7, 11) is 2.84. The van der Waals surface area contributed by atoms with Crippen LogP contribution in [-0.4, -0.2) is 36.2 Å². The number of amides is 1. The Morgan fingerprint density at radius 3 is 2.34 bits per heavy atom. The van der Waals surface area contributed by atoms with Crippen LogP contribution in [0.3, 0.4) is 0 Å². The van der Waals surface area contributed by atoms with E-state index in [4.69, 9.17) is 13.9 Å². The van der Waals surface area contributed by atoms with Crippen LogP contribution in [0.1, 0.15) is 48.0 Å². The van der Waals surface area contributed by atoms with Crippen LogP contribution in [-0.2, 0) is 11.2 Å². The number of ether oxygens (including phenoxy) is 2. The van der Waals surface area contributed by atoms with Crippen LogP contribution in [0.5, 0.6) is 11.5 Å².